The number of ether oxygens (including phenoxy) is 1. The van der Waals surface area contributed by atoms with E-state index in [1.54, 1.807) is 7.11 Å². The second kappa shape index (κ2) is 7.56. The number of nitrogens with two attached hydrogens (primary N) is 1. The summed E-state index contributed by atoms with van der Waals surface area (Å²) in [5.41, 5.74) is 7.46. The largest absolute Gasteiger partial charge is 0.493 e. The lowest BCUT2D eigenvalue weighted by Gasteiger charge is -2.21. The average Bonchev–Trinajstić information content (AvgIpc) is 2.45. The molecule has 0 aliphatic rings. The second-order valence-corrected chi connectivity index (χ2v) is 4.76. The Balaban J connectivity index is 2.08. The van der Waals surface area contributed by atoms with E-state index in [-0.39, 0.29) is 11.8 Å². The molecule has 1 heterocycles. The van der Waals surface area contributed by atoms with Crippen molar-refractivity contribution in [2.45, 2.75) is 13.1 Å². The Hall–Kier alpha value is -2.18. The molecule has 112 valence electrons. The Morgan fingerprint density at radius 2 is 1.95 bits per heavy atom. The molecule has 0 radical (unpaired) electrons. The molecular weight excluding hydrogens is 268 g/mol. The predicted octanol–water partition coefficient (Wildman–Crippen LogP) is 1.41. The van der Waals surface area contributed by atoms with Crippen LogP contribution in [-0.4, -0.2) is 40.2 Å². The molecule has 0 saturated heterocycles. The lowest BCUT2D eigenvalue weighted by atomic mass is 10.2. The van der Waals surface area contributed by atoms with Crippen LogP contribution in [0.3, 0.4) is 0 Å². The number of benzene rings is 1. The first-order valence-corrected chi connectivity index (χ1v) is 6.75. The van der Waals surface area contributed by atoms with Crippen LogP contribution in [0.25, 0.3) is 0 Å². The van der Waals surface area contributed by atoms with Gasteiger partial charge in [-0.15, -0.1) is 0 Å². The summed E-state index contributed by atoms with van der Waals surface area (Å²) in [6, 6.07) is 11.7. The number of aromatic nitrogens is 2. The number of anilines is 1. The van der Waals surface area contributed by atoms with Crippen molar-refractivity contribution in [3.8, 4) is 5.88 Å². The zero-order valence-corrected chi connectivity index (χ0v) is 12.1. The van der Waals surface area contributed by atoms with E-state index in [1.165, 1.54) is 11.6 Å². The number of hydrogen-bond donors (Lipinski definition) is 2. The Kier molecular flexibility index (Phi) is 5.48. The molecule has 0 unspecified atom stereocenters. The maximum absolute atomic E-state index is 9.50. The summed E-state index contributed by atoms with van der Waals surface area (Å²) in [4.78, 5) is 10.00. The number of nitrogen functional groups attached to an aromatic ring is 1. The van der Waals surface area contributed by atoms with Gasteiger partial charge < -0.3 is 15.6 Å². The molecule has 1 aromatic heterocycles. The average molecular weight is 288 g/mol. The Morgan fingerprint density at radius 1 is 1.19 bits per heavy atom. The maximum atomic E-state index is 9.50. The van der Waals surface area contributed by atoms with Crippen LogP contribution in [0.4, 0.5) is 5.95 Å². The van der Waals surface area contributed by atoms with Crippen LogP contribution in [0.1, 0.15) is 11.3 Å². The van der Waals surface area contributed by atoms with Gasteiger partial charge in [-0.1, -0.05) is 30.3 Å². The first kappa shape index (κ1) is 15.2. The molecule has 2 rings (SSSR count). The molecule has 21 heavy (non-hydrogen) atoms. The molecule has 2 aromatic rings. The van der Waals surface area contributed by atoms with E-state index >= 15 is 0 Å². The third-order valence-corrected chi connectivity index (χ3v) is 3.03. The first-order valence-electron chi connectivity index (χ1n) is 6.75. The third kappa shape index (κ3) is 5.02. The lowest BCUT2D eigenvalue weighted by molar-refractivity contribution is 0.139. The van der Waals surface area contributed by atoms with E-state index in [4.69, 9.17) is 10.5 Å². The van der Waals surface area contributed by atoms with Crippen LogP contribution in [0.15, 0.2) is 36.4 Å². The quantitative estimate of drug-likeness (QED) is 0.801. The fourth-order valence-corrected chi connectivity index (χ4v) is 2.09. The SMILES string of the molecule is COCCN(Cc1ccccc1)Cc1cc(O)nc(N)n1. The number of rotatable bonds is 7. The fraction of sp³-hybridized carbons (Fsp3) is 0.333. The summed E-state index contributed by atoms with van der Waals surface area (Å²) in [5.74, 6) is -0.0275. The second-order valence-electron chi connectivity index (χ2n) is 4.76. The molecule has 0 fully saturated rings. The van der Waals surface area contributed by atoms with E-state index in [0.717, 1.165) is 13.1 Å². The van der Waals surface area contributed by atoms with Crippen LogP contribution in [0.2, 0.25) is 0 Å². The van der Waals surface area contributed by atoms with Crippen molar-refractivity contribution in [1.29, 1.82) is 0 Å². The van der Waals surface area contributed by atoms with Crippen molar-refractivity contribution in [2.24, 2.45) is 0 Å². The van der Waals surface area contributed by atoms with Gasteiger partial charge in [-0.2, -0.15) is 4.98 Å². The van der Waals surface area contributed by atoms with Gasteiger partial charge in [-0.25, -0.2) is 4.98 Å². The Morgan fingerprint density at radius 3 is 2.62 bits per heavy atom. The van der Waals surface area contributed by atoms with Gasteiger partial charge in [-0.3, -0.25) is 4.90 Å². The maximum Gasteiger partial charge on any atom is 0.223 e. The van der Waals surface area contributed by atoms with Crippen molar-refractivity contribution in [1.82, 2.24) is 14.9 Å². The van der Waals surface area contributed by atoms with Gasteiger partial charge >= 0.3 is 0 Å². The highest BCUT2D eigenvalue weighted by Gasteiger charge is 2.10. The highest BCUT2D eigenvalue weighted by atomic mass is 16.5. The smallest absolute Gasteiger partial charge is 0.223 e. The summed E-state index contributed by atoms with van der Waals surface area (Å²) in [6.07, 6.45) is 0. The Bertz CT molecular complexity index is 543. The summed E-state index contributed by atoms with van der Waals surface area (Å²) < 4.78 is 5.15. The van der Waals surface area contributed by atoms with Crippen LogP contribution >= 0.6 is 0 Å². The van der Waals surface area contributed by atoms with Crippen molar-refractivity contribution in [3.05, 3.63) is 47.7 Å². The number of methoxy groups -OCH3 is 1. The summed E-state index contributed by atoms with van der Waals surface area (Å²) in [6.45, 7) is 2.73. The van der Waals surface area contributed by atoms with Crippen molar-refractivity contribution >= 4 is 5.95 Å². The zero-order valence-electron chi connectivity index (χ0n) is 12.1. The predicted molar refractivity (Wildman–Crippen MR) is 80.5 cm³/mol. The number of nitrogens with zero attached hydrogens (tertiary/aromatic N) is 3. The number of hydrogen-bond acceptors (Lipinski definition) is 6. The highest BCUT2D eigenvalue weighted by Crippen LogP contribution is 2.13. The molecule has 0 atom stereocenters. The molecule has 6 nitrogen and oxygen atoms in total. The minimum absolute atomic E-state index is 0.0800. The van der Waals surface area contributed by atoms with Crippen LogP contribution in [-0.2, 0) is 17.8 Å². The van der Waals surface area contributed by atoms with E-state index < -0.39 is 0 Å². The summed E-state index contributed by atoms with van der Waals surface area (Å²) in [7, 11) is 1.68. The fourth-order valence-electron chi connectivity index (χ4n) is 2.09. The van der Waals surface area contributed by atoms with Crippen molar-refractivity contribution < 1.29 is 9.84 Å². The summed E-state index contributed by atoms with van der Waals surface area (Å²) >= 11 is 0. The highest BCUT2D eigenvalue weighted by molar-refractivity contribution is 5.25. The molecule has 1 aromatic carbocycles. The van der Waals surface area contributed by atoms with E-state index in [2.05, 4.69) is 27.0 Å². The topological polar surface area (TPSA) is 84.5 Å². The van der Waals surface area contributed by atoms with Gasteiger partial charge in [-0.05, 0) is 5.56 Å². The molecule has 0 aliphatic carbocycles. The van der Waals surface area contributed by atoms with Gasteiger partial charge in [0.25, 0.3) is 0 Å². The van der Waals surface area contributed by atoms with Gasteiger partial charge in [0.1, 0.15) is 0 Å². The molecule has 3 N–H and O–H groups in total. The van der Waals surface area contributed by atoms with Crippen LogP contribution < -0.4 is 5.73 Å². The standard InChI is InChI=1S/C15H20N4O2/c1-21-8-7-19(10-12-5-3-2-4-6-12)11-13-9-14(20)18-15(16)17-13/h2-6,9H,7-8,10-11H2,1H3,(H3,16,17,18,20). The van der Waals surface area contributed by atoms with Gasteiger partial charge in [0.2, 0.25) is 11.8 Å². The molecule has 0 saturated carbocycles. The van der Waals surface area contributed by atoms with Crippen molar-refractivity contribution in [2.75, 3.05) is 26.0 Å². The lowest BCUT2D eigenvalue weighted by Crippen LogP contribution is -2.27. The van der Waals surface area contributed by atoms with E-state index in [1.807, 2.05) is 18.2 Å². The minimum atomic E-state index is -0.107. The van der Waals surface area contributed by atoms with Gasteiger partial charge in [0, 0.05) is 32.8 Å². The molecule has 0 bridgehead atoms. The Labute approximate surface area is 124 Å². The summed E-state index contributed by atoms with van der Waals surface area (Å²) in [5, 5.41) is 9.50. The van der Waals surface area contributed by atoms with Crippen LogP contribution in [0, 0.1) is 0 Å². The van der Waals surface area contributed by atoms with Gasteiger partial charge in [0.05, 0.1) is 12.3 Å². The molecule has 0 spiro atoms. The van der Waals surface area contributed by atoms with E-state index in [0.29, 0.717) is 18.8 Å². The molecule has 6 heteroatoms. The number of aromatic hydroxyl groups is 1. The molecular formula is C15H20N4O2. The normalized spacial score (nSPS) is 11.0. The first-order chi connectivity index (χ1) is 10.2. The molecule has 0 aliphatic heterocycles. The van der Waals surface area contributed by atoms with E-state index in [9.17, 15) is 5.11 Å². The van der Waals surface area contributed by atoms with Crippen LogP contribution in [0.5, 0.6) is 5.88 Å². The van der Waals surface area contributed by atoms with Crippen molar-refractivity contribution in [3.63, 3.8) is 0 Å². The third-order valence-electron chi connectivity index (χ3n) is 3.03. The molecule has 0 amide bonds. The minimum Gasteiger partial charge on any atom is -0.493 e. The monoisotopic (exact) mass is 288 g/mol. The van der Waals surface area contributed by atoms with Gasteiger partial charge in [0.15, 0.2) is 0 Å². The zero-order chi connectivity index (χ0) is 15.1.